The van der Waals surface area contributed by atoms with Gasteiger partial charge in [0.25, 0.3) is 5.69 Å². The molecule has 1 heterocycles. The highest BCUT2D eigenvalue weighted by molar-refractivity contribution is 5.95. The van der Waals surface area contributed by atoms with E-state index in [-0.39, 0.29) is 18.1 Å². The van der Waals surface area contributed by atoms with Gasteiger partial charge in [-0.1, -0.05) is 0 Å². The summed E-state index contributed by atoms with van der Waals surface area (Å²) in [5.41, 5.74) is 1.60. The van der Waals surface area contributed by atoms with Crippen molar-refractivity contribution >= 4 is 23.0 Å². The van der Waals surface area contributed by atoms with Gasteiger partial charge in [0.15, 0.2) is 0 Å². The minimum atomic E-state index is -0.620. The number of amides is 1. The van der Waals surface area contributed by atoms with Crippen molar-refractivity contribution in [2.45, 2.75) is 25.9 Å². The zero-order valence-electron chi connectivity index (χ0n) is 10.5. The van der Waals surface area contributed by atoms with Gasteiger partial charge in [-0.05, 0) is 25.0 Å². The third-order valence-corrected chi connectivity index (χ3v) is 2.90. The quantitative estimate of drug-likeness (QED) is 0.561. The summed E-state index contributed by atoms with van der Waals surface area (Å²) in [6.07, 6.45) is 0.216. The molecule has 0 spiro atoms. The summed E-state index contributed by atoms with van der Waals surface area (Å²) >= 11 is 0. The number of aryl methyl sites for hydroxylation is 1. The number of nitro benzene ring substituents is 1. The van der Waals surface area contributed by atoms with Crippen LogP contribution in [0.4, 0.5) is 17.1 Å². The molecule has 0 saturated carbocycles. The van der Waals surface area contributed by atoms with Crippen LogP contribution in [0.1, 0.15) is 18.9 Å². The number of carbonyl (C=O) groups excluding carboxylic acids is 1. The van der Waals surface area contributed by atoms with Crippen molar-refractivity contribution in [2.24, 2.45) is 0 Å². The highest BCUT2D eigenvalue weighted by Crippen LogP contribution is 2.34. The molecule has 0 fully saturated rings. The Bertz CT molecular complexity index is 528. The van der Waals surface area contributed by atoms with Crippen LogP contribution in [0.25, 0.3) is 0 Å². The second-order valence-electron chi connectivity index (χ2n) is 4.56. The number of aliphatic hydroxyl groups is 1. The van der Waals surface area contributed by atoms with Crippen LogP contribution in [0.5, 0.6) is 0 Å². The topological polar surface area (TPSA) is 104 Å². The Kier molecular flexibility index (Phi) is 3.66. The molecule has 1 aromatic rings. The Balaban J connectivity index is 2.36. The van der Waals surface area contributed by atoms with Gasteiger partial charge in [0.2, 0.25) is 5.91 Å². The van der Waals surface area contributed by atoms with E-state index >= 15 is 0 Å². The molecule has 1 atom stereocenters. The number of fused-ring (bicyclic) bond motifs is 1. The number of benzene rings is 1. The molecule has 1 amide bonds. The maximum absolute atomic E-state index is 11.3. The first-order valence-electron chi connectivity index (χ1n) is 6.00. The van der Waals surface area contributed by atoms with Gasteiger partial charge in [-0.15, -0.1) is 0 Å². The molecular formula is C12H15N3O4. The third kappa shape index (κ3) is 3.00. The van der Waals surface area contributed by atoms with Crippen molar-refractivity contribution in [1.29, 1.82) is 0 Å². The Morgan fingerprint density at radius 2 is 2.26 bits per heavy atom. The van der Waals surface area contributed by atoms with E-state index < -0.39 is 11.0 Å². The van der Waals surface area contributed by atoms with E-state index in [1.54, 1.807) is 13.0 Å². The number of nitro groups is 1. The van der Waals surface area contributed by atoms with E-state index in [0.717, 1.165) is 5.56 Å². The fourth-order valence-electron chi connectivity index (χ4n) is 1.97. The highest BCUT2D eigenvalue weighted by Gasteiger charge is 2.22. The van der Waals surface area contributed by atoms with Gasteiger partial charge >= 0.3 is 0 Å². The Hall–Kier alpha value is -2.15. The predicted molar refractivity (Wildman–Crippen MR) is 70.2 cm³/mol. The number of nitrogens with one attached hydrogen (secondary N) is 2. The maximum Gasteiger partial charge on any atom is 0.292 e. The predicted octanol–water partition coefficient (Wildman–Crippen LogP) is 1.27. The van der Waals surface area contributed by atoms with Gasteiger partial charge in [-0.3, -0.25) is 14.9 Å². The molecule has 2 rings (SSSR count). The van der Waals surface area contributed by atoms with Crippen molar-refractivity contribution < 1.29 is 14.8 Å². The third-order valence-electron chi connectivity index (χ3n) is 2.90. The summed E-state index contributed by atoms with van der Waals surface area (Å²) in [6.45, 7) is 1.78. The first-order valence-corrected chi connectivity index (χ1v) is 6.00. The Labute approximate surface area is 109 Å². The Morgan fingerprint density at radius 1 is 1.53 bits per heavy atom. The second-order valence-corrected chi connectivity index (χ2v) is 4.56. The molecule has 1 aliphatic heterocycles. The number of hydrogen-bond donors (Lipinski definition) is 3. The van der Waals surface area contributed by atoms with Crippen LogP contribution in [0, 0.1) is 10.1 Å². The molecule has 7 heteroatoms. The van der Waals surface area contributed by atoms with Crippen LogP contribution in [-0.4, -0.2) is 28.6 Å². The zero-order valence-corrected chi connectivity index (χ0v) is 10.5. The SMILES string of the molecule is CC(O)CNc1cc2c(cc1[N+](=O)[O-])CCC(=O)N2. The van der Waals surface area contributed by atoms with Crippen LogP contribution in [0.3, 0.4) is 0 Å². The van der Waals surface area contributed by atoms with E-state index in [1.165, 1.54) is 6.07 Å². The molecule has 7 nitrogen and oxygen atoms in total. The maximum atomic E-state index is 11.3. The molecule has 102 valence electrons. The standard InChI is InChI=1S/C12H15N3O4/c1-7(16)6-13-10-5-9-8(2-3-12(17)14-9)4-11(10)15(18)19/h4-5,7,13,16H,2-3,6H2,1H3,(H,14,17). The van der Waals surface area contributed by atoms with Crippen LogP contribution in [-0.2, 0) is 11.2 Å². The van der Waals surface area contributed by atoms with Gasteiger partial charge in [0.05, 0.1) is 11.0 Å². The fourth-order valence-corrected chi connectivity index (χ4v) is 1.97. The lowest BCUT2D eigenvalue weighted by atomic mass is 10.0. The van der Waals surface area contributed by atoms with Crippen LogP contribution in [0.2, 0.25) is 0 Å². The number of aliphatic hydroxyl groups excluding tert-OH is 1. The van der Waals surface area contributed by atoms with Crippen LogP contribution in [0.15, 0.2) is 12.1 Å². The summed E-state index contributed by atoms with van der Waals surface area (Å²) < 4.78 is 0. The van der Waals surface area contributed by atoms with E-state index in [0.29, 0.717) is 24.2 Å². The van der Waals surface area contributed by atoms with Gasteiger partial charge < -0.3 is 15.7 Å². The lowest BCUT2D eigenvalue weighted by Crippen LogP contribution is -2.20. The Morgan fingerprint density at radius 3 is 2.89 bits per heavy atom. The van der Waals surface area contributed by atoms with Crippen LogP contribution < -0.4 is 10.6 Å². The van der Waals surface area contributed by atoms with Crippen molar-refractivity contribution in [1.82, 2.24) is 0 Å². The zero-order chi connectivity index (χ0) is 14.0. The smallest absolute Gasteiger partial charge is 0.292 e. The minimum absolute atomic E-state index is 0.0458. The number of carbonyl (C=O) groups is 1. The molecule has 0 saturated heterocycles. The van der Waals surface area contributed by atoms with Crippen LogP contribution >= 0.6 is 0 Å². The van der Waals surface area contributed by atoms with Crippen molar-refractivity contribution in [3.63, 3.8) is 0 Å². The van der Waals surface area contributed by atoms with E-state index in [9.17, 15) is 20.0 Å². The molecule has 19 heavy (non-hydrogen) atoms. The second kappa shape index (κ2) is 5.23. The monoisotopic (exact) mass is 265 g/mol. The molecular weight excluding hydrogens is 250 g/mol. The first kappa shape index (κ1) is 13.3. The highest BCUT2D eigenvalue weighted by atomic mass is 16.6. The molecule has 0 aromatic heterocycles. The van der Waals surface area contributed by atoms with Gasteiger partial charge in [0.1, 0.15) is 5.69 Å². The minimum Gasteiger partial charge on any atom is -0.392 e. The molecule has 3 N–H and O–H groups in total. The number of hydrogen-bond acceptors (Lipinski definition) is 5. The molecule has 0 bridgehead atoms. The van der Waals surface area contributed by atoms with E-state index in [2.05, 4.69) is 10.6 Å². The summed E-state index contributed by atoms with van der Waals surface area (Å²) in [6, 6.07) is 3.02. The number of rotatable bonds is 4. The first-order chi connectivity index (χ1) is 8.97. The number of nitrogens with zero attached hydrogens (tertiary/aromatic N) is 1. The molecule has 0 aliphatic carbocycles. The molecule has 1 aliphatic rings. The summed E-state index contributed by atoms with van der Waals surface area (Å²) in [7, 11) is 0. The molecule has 0 radical (unpaired) electrons. The van der Waals surface area contributed by atoms with E-state index in [1.807, 2.05) is 0 Å². The van der Waals surface area contributed by atoms with Gasteiger partial charge in [0, 0.05) is 24.7 Å². The largest absolute Gasteiger partial charge is 0.392 e. The fraction of sp³-hybridized carbons (Fsp3) is 0.417. The lowest BCUT2D eigenvalue weighted by molar-refractivity contribution is -0.384. The van der Waals surface area contributed by atoms with Crippen molar-refractivity contribution in [2.75, 3.05) is 17.2 Å². The van der Waals surface area contributed by atoms with Gasteiger partial charge in [-0.25, -0.2) is 0 Å². The average molecular weight is 265 g/mol. The van der Waals surface area contributed by atoms with Crippen molar-refractivity contribution in [3.8, 4) is 0 Å². The summed E-state index contributed by atoms with van der Waals surface area (Å²) in [4.78, 5) is 21.9. The summed E-state index contributed by atoms with van der Waals surface area (Å²) in [5, 5.41) is 25.8. The molecule has 1 unspecified atom stereocenters. The van der Waals surface area contributed by atoms with Crippen molar-refractivity contribution in [3.05, 3.63) is 27.8 Å². The summed E-state index contributed by atoms with van der Waals surface area (Å²) in [5.74, 6) is -0.0946. The number of anilines is 2. The lowest BCUT2D eigenvalue weighted by Gasteiger charge is -2.18. The van der Waals surface area contributed by atoms with Gasteiger partial charge in [-0.2, -0.15) is 0 Å². The van der Waals surface area contributed by atoms with E-state index in [4.69, 9.17) is 0 Å². The molecule has 1 aromatic carbocycles. The average Bonchev–Trinajstić information content (AvgIpc) is 2.34. The normalized spacial score (nSPS) is 15.4.